The first-order chi connectivity index (χ1) is 8.11. The van der Waals surface area contributed by atoms with Crippen LogP contribution in [0.3, 0.4) is 0 Å². The monoisotopic (exact) mass is 254 g/mol. The van der Waals surface area contributed by atoms with Gasteiger partial charge in [0.2, 0.25) is 0 Å². The predicted octanol–water partition coefficient (Wildman–Crippen LogP) is 2.09. The molecule has 0 fully saturated rings. The van der Waals surface area contributed by atoms with Gasteiger partial charge < -0.3 is 9.47 Å². The number of Topliss-reactive ketones (excluding diaryl/α,β-unsaturated/α-hetero) is 1. The molecule has 5 heteroatoms. The molecule has 1 aromatic carbocycles. The van der Waals surface area contributed by atoms with Gasteiger partial charge in [-0.2, -0.15) is 0 Å². The minimum absolute atomic E-state index is 0.0291. The molecule has 1 aliphatic heterocycles. The summed E-state index contributed by atoms with van der Waals surface area (Å²) in [6, 6.07) is 4.88. The van der Waals surface area contributed by atoms with Crippen molar-refractivity contribution in [3.8, 4) is 5.75 Å². The first-order valence-corrected chi connectivity index (χ1v) is 5.53. The van der Waals surface area contributed by atoms with Gasteiger partial charge in [0, 0.05) is 5.02 Å². The second kappa shape index (κ2) is 4.75. The van der Waals surface area contributed by atoms with Crippen LogP contribution in [0, 0.1) is 5.92 Å². The second-order valence-electron chi connectivity index (χ2n) is 3.79. The number of ketones is 1. The highest BCUT2D eigenvalue weighted by molar-refractivity contribution is 6.31. The highest BCUT2D eigenvalue weighted by Gasteiger charge is 2.30. The third-order valence-electron chi connectivity index (χ3n) is 2.66. The molecule has 1 unspecified atom stereocenters. The Morgan fingerprint density at radius 1 is 1.59 bits per heavy atom. The van der Waals surface area contributed by atoms with Crippen LogP contribution in [0.2, 0.25) is 5.02 Å². The Kier molecular flexibility index (Phi) is 3.33. The zero-order valence-corrected chi connectivity index (χ0v) is 9.99. The van der Waals surface area contributed by atoms with Gasteiger partial charge in [0.1, 0.15) is 5.75 Å². The molecule has 1 aliphatic rings. The number of hydrogen-bond acceptors (Lipinski definition) is 4. The lowest BCUT2D eigenvalue weighted by Gasteiger charge is -2.23. The molecular formula is C12H11ClO4. The molecule has 1 atom stereocenters. The summed E-state index contributed by atoms with van der Waals surface area (Å²) in [5, 5.41) is 0.472. The summed E-state index contributed by atoms with van der Waals surface area (Å²) in [5.41, 5.74) is 0.428. The molecule has 0 spiro atoms. The number of carbonyl (C=O) groups is 2. The minimum Gasteiger partial charge on any atom is -0.492 e. The van der Waals surface area contributed by atoms with E-state index in [4.69, 9.17) is 16.3 Å². The maximum Gasteiger partial charge on any atom is 0.306 e. The van der Waals surface area contributed by atoms with E-state index in [1.165, 1.54) is 7.11 Å². The van der Waals surface area contributed by atoms with Crippen LogP contribution in [0.4, 0.5) is 0 Å². The van der Waals surface area contributed by atoms with Crippen LogP contribution in [0.1, 0.15) is 16.8 Å². The number of halogens is 1. The molecule has 17 heavy (non-hydrogen) atoms. The molecule has 2 rings (SSSR count). The predicted molar refractivity (Wildman–Crippen MR) is 61.4 cm³/mol. The SMILES string of the molecule is COC(=O)CC1COc2ccc(Cl)cc2C1=O. The summed E-state index contributed by atoms with van der Waals surface area (Å²) in [7, 11) is 1.29. The fraction of sp³-hybridized carbons (Fsp3) is 0.333. The van der Waals surface area contributed by atoms with E-state index < -0.39 is 11.9 Å². The van der Waals surface area contributed by atoms with E-state index in [9.17, 15) is 9.59 Å². The molecule has 0 N–H and O–H groups in total. The highest BCUT2D eigenvalue weighted by atomic mass is 35.5. The van der Waals surface area contributed by atoms with Crippen molar-refractivity contribution >= 4 is 23.4 Å². The number of rotatable bonds is 2. The average Bonchev–Trinajstić information content (AvgIpc) is 2.33. The molecule has 4 nitrogen and oxygen atoms in total. The Morgan fingerprint density at radius 2 is 2.35 bits per heavy atom. The van der Waals surface area contributed by atoms with Crippen molar-refractivity contribution in [3.63, 3.8) is 0 Å². The number of benzene rings is 1. The summed E-state index contributed by atoms with van der Waals surface area (Å²) in [6.07, 6.45) is 0.0291. The van der Waals surface area contributed by atoms with Crippen LogP contribution < -0.4 is 4.74 Å². The van der Waals surface area contributed by atoms with E-state index in [0.29, 0.717) is 16.3 Å². The lowest BCUT2D eigenvalue weighted by molar-refractivity contribution is -0.141. The molecule has 90 valence electrons. The first-order valence-electron chi connectivity index (χ1n) is 5.15. The van der Waals surface area contributed by atoms with Crippen LogP contribution in [0.25, 0.3) is 0 Å². The number of hydrogen-bond donors (Lipinski definition) is 0. The Morgan fingerprint density at radius 3 is 3.06 bits per heavy atom. The normalized spacial score (nSPS) is 18.2. The molecule has 0 bridgehead atoms. The molecule has 0 radical (unpaired) electrons. The topological polar surface area (TPSA) is 52.6 Å². The summed E-state index contributed by atoms with van der Waals surface area (Å²) >= 11 is 5.82. The van der Waals surface area contributed by atoms with Crippen molar-refractivity contribution in [2.24, 2.45) is 5.92 Å². The molecule has 1 aromatic rings. The smallest absolute Gasteiger partial charge is 0.306 e. The number of methoxy groups -OCH3 is 1. The van der Waals surface area contributed by atoms with Gasteiger partial charge in [-0.15, -0.1) is 0 Å². The molecule has 0 aliphatic carbocycles. The lowest BCUT2D eigenvalue weighted by Crippen LogP contribution is -2.30. The van der Waals surface area contributed by atoms with Crippen molar-refractivity contribution in [1.82, 2.24) is 0 Å². The standard InChI is InChI=1S/C12H11ClO4/c1-16-11(14)4-7-6-17-10-3-2-8(13)5-9(10)12(7)15/h2-3,5,7H,4,6H2,1H3. The second-order valence-corrected chi connectivity index (χ2v) is 4.23. The van der Waals surface area contributed by atoms with Crippen LogP contribution in [0.5, 0.6) is 5.75 Å². The van der Waals surface area contributed by atoms with Crippen molar-refractivity contribution in [3.05, 3.63) is 28.8 Å². The Balaban J connectivity index is 2.23. The number of fused-ring (bicyclic) bond motifs is 1. The Labute approximate surface area is 103 Å². The van der Waals surface area contributed by atoms with Crippen molar-refractivity contribution < 1.29 is 19.1 Å². The van der Waals surface area contributed by atoms with Gasteiger partial charge in [-0.1, -0.05) is 11.6 Å². The average molecular weight is 255 g/mol. The van der Waals surface area contributed by atoms with E-state index in [1.54, 1.807) is 18.2 Å². The van der Waals surface area contributed by atoms with E-state index >= 15 is 0 Å². The molecular weight excluding hydrogens is 244 g/mol. The van der Waals surface area contributed by atoms with Crippen molar-refractivity contribution in [2.45, 2.75) is 6.42 Å². The van der Waals surface area contributed by atoms with E-state index in [1.807, 2.05) is 0 Å². The number of carbonyl (C=O) groups excluding carboxylic acids is 2. The van der Waals surface area contributed by atoms with Gasteiger partial charge in [0.25, 0.3) is 0 Å². The molecule has 0 amide bonds. The van der Waals surface area contributed by atoms with Crippen molar-refractivity contribution in [1.29, 1.82) is 0 Å². The third kappa shape index (κ3) is 2.42. The van der Waals surface area contributed by atoms with Gasteiger partial charge in [0.05, 0.1) is 31.6 Å². The first kappa shape index (κ1) is 11.9. The zero-order chi connectivity index (χ0) is 12.4. The Bertz CT molecular complexity index is 470. The van der Waals surface area contributed by atoms with Gasteiger partial charge in [-0.3, -0.25) is 9.59 Å². The van der Waals surface area contributed by atoms with E-state index in [-0.39, 0.29) is 18.8 Å². The third-order valence-corrected chi connectivity index (χ3v) is 2.89. The maximum atomic E-state index is 12.1. The molecule has 0 saturated carbocycles. The summed E-state index contributed by atoms with van der Waals surface area (Å²) in [6.45, 7) is 0.197. The van der Waals surface area contributed by atoms with Gasteiger partial charge in [0.15, 0.2) is 5.78 Å². The molecule has 1 heterocycles. The van der Waals surface area contributed by atoms with Gasteiger partial charge >= 0.3 is 5.97 Å². The Hall–Kier alpha value is -1.55. The van der Waals surface area contributed by atoms with Crippen LogP contribution in [-0.4, -0.2) is 25.5 Å². The fourth-order valence-electron chi connectivity index (χ4n) is 1.74. The summed E-state index contributed by atoms with van der Waals surface area (Å²) < 4.78 is 9.96. The summed E-state index contributed by atoms with van der Waals surface area (Å²) in [4.78, 5) is 23.2. The molecule has 0 aromatic heterocycles. The highest BCUT2D eigenvalue weighted by Crippen LogP contribution is 2.30. The minimum atomic E-state index is -0.492. The lowest BCUT2D eigenvalue weighted by atomic mass is 9.92. The van der Waals surface area contributed by atoms with Crippen LogP contribution >= 0.6 is 11.6 Å². The zero-order valence-electron chi connectivity index (χ0n) is 9.23. The largest absolute Gasteiger partial charge is 0.492 e. The quantitative estimate of drug-likeness (QED) is 0.759. The van der Waals surface area contributed by atoms with Crippen LogP contribution in [0.15, 0.2) is 18.2 Å². The van der Waals surface area contributed by atoms with Gasteiger partial charge in [-0.25, -0.2) is 0 Å². The number of esters is 1. The van der Waals surface area contributed by atoms with Crippen molar-refractivity contribution in [2.75, 3.05) is 13.7 Å². The molecule has 0 saturated heterocycles. The number of ether oxygens (including phenoxy) is 2. The van der Waals surface area contributed by atoms with E-state index in [0.717, 1.165) is 0 Å². The van der Waals surface area contributed by atoms with Crippen LogP contribution in [-0.2, 0) is 9.53 Å². The van der Waals surface area contributed by atoms with E-state index in [2.05, 4.69) is 4.74 Å². The maximum absolute atomic E-state index is 12.1. The summed E-state index contributed by atoms with van der Waals surface area (Å²) in [5.74, 6) is -0.523. The van der Waals surface area contributed by atoms with Gasteiger partial charge in [-0.05, 0) is 18.2 Å². The fourth-order valence-corrected chi connectivity index (χ4v) is 1.91.